The van der Waals surface area contributed by atoms with E-state index in [1.165, 1.54) is 0 Å². The van der Waals surface area contributed by atoms with Crippen molar-refractivity contribution in [3.63, 3.8) is 0 Å². The molecule has 0 aliphatic carbocycles. The minimum atomic E-state index is -3.45. The molecule has 15 heavy (non-hydrogen) atoms. The quantitative estimate of drug-likeness (QED) is 0.828. The Hall–Kier alpha value is -0.580. The number of hydrogen-bond acceptors (Lipinski definition) is 3. The van der Waals surface area contributed by atoms with Crippen LogP contribution in [0.4, 0.5) is 0 Å². The van der Waals surface area contributed by atoms with E-state index in [2.05, 4.69) is 0 Å². The minimum absolute atomic E-state index is 0.544. The van der Waals surface area contributed by atoms with Crippen molar-refractivity contribution in [1.29, 1.82) is 0 Å². The molecule has 1 aromatic carbocycles. The summed E-state index contributed by atoms with van der Waals surface area (Å²) in [7, 11) is -3.45. The SMILES string of the molecule is Cc1ccccc1[C@H](O)[C@@H](Cl)S(C)(=O)=O. The van der Waals surface area contributed by atoms with Gasteiger partial charge in [-0.15, -0.1) is 11.6 Å². The van der Waals surface area contributed by atoms with Crippen LogP contribution in [0.1, 0.15) is 17.2 Å². The van der Waals surface area contributed by atoms with E-state index in [0.717, 1.165) is 11.8 Å². The fourth-order valence-corrected chi connectivity index (χ4v) is 2.04. The summed E-state index contributed by atoms with van der Waals surface area (Å²) in [5, 5.41) is 9.79. The van der Waals surface area contributed by atoms with E-state index < -0.39 is 20.7 Å². The Labute approximate surface area is 94.6 Å². The molecule has 1 rings (SSSR count). The largest absolute Gasteiger partial charge is 0.386 e. The molecule has 0 unspecified atom stereocenters. The number of aliphatic hydroxyl groups excluding tert-OH is 1. The summed E-state index contributed by atoms with van der Waals surface area (Å²) in [4.78, 5) is 0. The average molecular weight is 249 g/mol. The average Bonchev–Trinajstić information content (AvgIpc) is 2.15. The second-order valence-electron chi connectivity index (χ2n) is 3.48. The van der Waals surface area contributed by atoms with Gasteiger partial charge in [0.15, 0.2) is 14.5 Å². The third kappa shape index (κ3) is 2.93. The number of rotatable bonds is 3. The predicted octanol–water partition coefficient (Wildman–Crippen LogP) is 1.64. The second kappa shape index (κ2) is 4.51. The zero-order valence-electron chi connectivity index (χ0n) is 8.51. The second-order valence-corrected chi connectivity index (χ2v) is 6.38. The summed E-state index contributed by atoms with van der Waals surface area (Å²) in [6, 6.07) is 7.01. The molecule has 0 radical (unpaired) electrons. The standard InChI is InChI=1S/C10H13ClO3S/c1-7-5-3-4-6-8(7)9(12)10(11)15(2,13)14/h3-6,9-10,12H,1-2H3/t9-,10-/m0/s1. The Morgan fingerprint density at radius 2 is 1.87 bits per heavy atom. The zero-order valence-corrected chi connectivity index (χ0v) is 10.1. The van der Waals surface area contributed by atoms with Crippen LogP contribution in [0.15, 0.2) is 24.3 Å². The Morgan fingerprint density at radius 3 is 2.33 bits per heavy atom. The van der Waals surface area contributed by atoms with Crippen LogP contribution >= 0.6 is 11.6 Å². The van der Waals surface area contributed by atoms with Gasteiger partial charge < -0.3 is 5.11 Å². The van der Waals surface area contributed by atoms with E-state index in [-0.39, 0.29) is 0 Å². The maximum absolute atomic E-state index is 11.2. The number of aliphatic hydroxyl groups is 1. The number of benzene rings is 1. The van der Waals surface area contributed by atoms with Crippen LogP contribution in [0.2, 0.25) is 0 Å². The molecular weight excluding hydrogens is 236 g/mol. The highest BCUT2D eigenvalue weighted by molar-refractivity contribution is 7.92. The molecule has 1 N–H and O–H groups in total. The fourth-order valence-electron chi connectivity index (χ4n) is 1.29. The normalized spacial score (nSPS) is 16.0. The van der Waals surface area contributed by atoms with E-state index in [0.29, 0.717) is 5.56 Å². The smallest absolute Gasteiger partial charge is 0.167 e. The number of sulfone groups is 1. The highest BCUT2D eigenvalue weighted by Gasteiger charge is 2.28. The molecule has 0 spiro atoms. The number of hydrogen-bond donors (Lipinski definition) is 1. The van der Waals surface area contributed by atoms with Gasteiger partial charge in [-0.3, -0.25) is 0 Å². The van der Waals surface area contributed by atoms with E-state index in [1.807, 2.05) is 6.07 Å². The predicted molar refractivity (Wildman–Crippen MR) is 60.6 cm³/mol. The molecule has 0 amide bonds. The van der Waals surface area contributed by atoms with Crippen molar-refractivity contribution in [2.45, 2.75) is 17.7 Å². The molecule has 5 heteroatoms. The van der Waals surface area contributed by atoms with E-state index in [4.69, 9.17) is 11.6 Å². The third-order valence-electron chi connectivity index (χ3n) is 2.16. The van der Waals surface area contributed by atoms with Crippen LogP contribution in [0.3, 0.4) is 0 Å². The Morgan fingerprint density at radius 1 is 1.33 bits per heavy atom. The van der Waals surface area contributed by atoms with Crippen LogP contribution in [0.5, 0.6) is 0 Å². The summed E-state index contributed by atoms with van der Waals surface area (Å²) in [6.45, 7) is 1.80. The lowest BCUT2D eigenvalue weighted by Crippen LogP contribution is -2.22. The zero-order chi connectivity index (χ0) is 11.6. The lowest BCUT2D eigenvalue weighted by Gasteiger charge is -2.17. The minimum Gasteiger partial charge on any atom is -0.386 e. The lowest BCUT2D eigenvalue weighted by atomic mass is 10.1. The van der Waals surface area contributed by atoms with Gasteiger partial charge >= 0.3 is 0 Å². The van der Waals surface area contributed by atoms with Crippen LogP contribution in [-0.4, -0.2) is 24.5 Å². The van der Waals surface area contributed by atoms with Gasteiger partial charge in [-0.1, -0.05) is 24.3 Å². The van der Waals surface area contributed by atoms with Crippen LogP contribution in [0.25, 0.3) is 0 Å². The van der Waals surface area contributed by atoms with Gasteiger partial charge in [-0.05, 0) is 18.1 Å². The Bertz CT molecular complexity index is 442. The van der Waals surface area contributed by atoms with Crippen molar-refractivity contribution in [3.05, 3.63) is 35.4 Å². The van der Waals surface area contributed by atoms with Crippen LogP contribution < -0.4 is 0 Å². The first-order valence-corrected chi connectivity index (χ1v) is 6.79. The van der Waals surface area contributed by atoms with Crippen molar-refractivity contribution < 1.29 is 13.5 Å². The van der Waals surface area contributed by atoms with Gasteiger partial charge in [0.1, 0.15) is 6.10 Å². The molecule has 1 aromatic rings. The third-order valence-corrected chi connectivity index (χ3v) is 4.45. The van der Waals surface area contributed by atoms with Gasteiger partial charge in [0, 0.05) is 6.26 Å². The molecule has 0 fully saturated rings. The summed E-state index contributed by atoms with van der Waals surface area (Å²) in [6.07, 6.45) is -0.186. The molecule has 84 valence electrons. The monoisotopic (exact) mass is 248 g/mol. The van der Waals surface area contributed by atoms with Gasteiger partial charge in [0.2, 0.25) is 0 Å². The van der Waals surface area contributed by atoms with Gasteiger partial charge in [-0.25, -0.2) is 8.42 Å². The van der Waals surface area contributed by atoms with Crippen LogP contribution in [-0.2, 0) is 9.84 Å². The van der Waals surface area contributed by atoms with Crippen molar-refractivity contribution >= 4 is 21.4 Å². The van der Waals surface area contributed by atoms with Crippen molar-refractivity contribution in [2.24, 2.45) is 0 Å². The molecule has 0 bridgehead atoms. The molecule has 2 atom stereocenters. The molecule has 0 saturated heterocycles. The van der Waals surface area contributed by atoms with Gasteiger partial charge in [0.05, 0.1) is 0 Å². The van der Waals surface area contributed by atoms with Crippen LogP contribution in [0, 0.1) is 6.92 Å². The first kappa shape index (κ1) is 12.5. The van der Waals surface area contributed by atoms with Crippen molar-refractivity contribution in [2.75, 3.05) is 6.26 Å². The lowest BCUT2D eigenvalue weighted by molar-refractivity contribution is 0.191. The Balaban J connectivity index is 3.06. The number of alkyl halides is 1. The molecule has 3 nitrogen and oxygen atoms in total. The summed E-state index contributed by atoms with van der Waals surface area (Å²) < 4.78 is 21.0. The molecular formula is C10H13ClO3S. The molecule has 0 aromatic heterocycles. The number of aryl methyl sites for hydroxylation is 1. The van der Waals surface area contributed by atoms with Crippen molar-refractivity contribution in [1.82, 2.24) is 0 Å². The van der Waals surface area contributed by atoms with E-state index in [9.17, 15) is 13.5 Å². The van der Waals surface area contributed by atoms with Crippen molar-refractivity contribution in [3.8, 4) is 0 Å². The van der Waals surface area contributed by atoms with E-state index >= 15 is 0 Å². The molecule has 0 heterocycles. The molecule has 0 saturated carbocycles. The Kier molecular flexibility index (Phi) is 3.76. The fraction of sp³-hybridized carbons (Fsp3) is 0.400. The first-order chi connectivity index (χ1) is 6.84. The summed E-state index contributed by atoms with van der Waals surface area (Å²) >= 11 is 5.68. The molecule has 0 aliphatic heterocycles. The highest BCUT2D eigenvalue weighted by Crippen LogP contribution is 2.26. The van der Waals surface area contributed by atoms with Gasteiger partial charge in [0.25, 0.3) is 0 Å². The van der Waals surface area contributed by atoms with Gasteiger partial charge in [-0.2, -0.15) is 0 Å². The molecule has 0 aliphatic rings. The summed E-state index contributed by atoms with van der Waals surface area (Å²) in [5.74, 6) is 0. The maximum Gasteiger partial charge on any atom is 0.167 e. The summed E-state index contributed by atoms with van der Waals surface area (Å²) in [5.41, 5.74) is 1.36. The van der Waals surface area contributed by atoms with E-state index in [1.54, 1.807) is 25.1 Å². The first-order valence-electron chi connectivity index (χ1n) is 4.40. The maximum atomic E-state index is 11.2. The highest BCUT2D eigenvalue weighted by atomic mass is 35.5. The topological polar surface area (TPSA) is 54.4 Å². The number of halogens is 1.